The number of ether oxygens (including phenoxy) is 3. The molecule has 0 radical (unpaired) electrons. The minimum atomic E-state index is -1.01. The standard InChI is InChI=1S/C51H55N5O6.C36H45N5O4/c1-35(20-18-19-33-52-48(58)61-50(2,3)4)46-54-47(62-56-46)44(53-49(59)60-34-43-41-29-16-14-27-39(41)40-28-15-17-30-42(40)43)31-32-45(57)55-51(36-21-8-5-9-22-36,37-23-10-6-11-24-37)38-25-12-7-13-26-38;1-26(16-14-15-25-38-34(43)44-35(2,3)4)32-39-33(45-41-32)30(37)23-24-31(42)40-36(27-17-8-5-9-18-27,28-19-10-6-11-20-28)29-21-12-7-13-22-29/h5-17,21-30,35,43-44H,18-20,31-34H2,1-4H3,(H,52,58)(H,53,59)(H,55,57);5-13,17-22,26,30H,14-16,23-25,37H2,1-4H3,(H,38,43)(H,40,42)/t35-,44-;26-,30-/m00/s1. The summed E-state index contributed by atoms with van der Waals surface area (Å²) in [5, 5.41) is 23.8. The predicted molar refractivity (Wildman–Crippen MR) is 413 cm³/mol. The van der Waals surface area contributed by atoms with Crippen LogP contribution in [-0.4, -0.2) is 81.3 Å². The highest BCUT2D eigenvalue weighted by Crippen LogP contribution is 2.45. The van der Waals surface area contributed by atoms with Crippen LogP contribution >= 0.6 is 0 Å². The number of alkyl carbamates (subject to hydrolysis) is 3. The van der Waals surface area contributed by atoms with Crippen molar-refractivity contribution in [3.8, 4) is 11.1 Å². The van der Waals surface area contributed by atoms with Gasteiger partial charge >= 0.3 is 18.3 Å². The van der Waals surface area contributed by atoms with Crippen LogP contribution in [0.5, 0.6) is 0 Å². The van der Waals surface area contributed by atoms with E-state index in [0.29, 0.717) is 37.0 Å². The number of nitrogens with two attached hydrogens (primary N) is 1. The molecular weight excluding hydrogens is 1350 g/mol. The van der Waals surface area contributed by atoms with Gasteiger partial charge in [-0.15, -0.1) is 0 Å². The van der Waals surface area contributed by atoms with Crippen LogP contribution in [0.4, 0.5) is 14.4 Å². The molecule has 107 heavy (non-hydrogen) atoms. The highest BCUT2D eigenvalue weighted by atomic mass is 16.6. The average Bonchev–Trinajstić information content (AvgIpc) is 0.915. The van der Waals surface area contributed by atoms with Crippen molar-refractivity contribution in [1.29, 1.82) is 0 Å². The van der Waals surface area contributed by atoms with E-state index in [1.54, 1.807) is 0 Å². The summed E-state index contributed by atoms with van der Waals surface area (Å²) >= 11 is 0. The smallest absolute Gasteiger partial charge is 0.407 e. The van der Waals surface area contributed by atoms with Gasteiger partial charge in [0.2, 0.25) is 23.6 Å². The maximum atomic E-state index is 14.4. The fraction of sp³-hybridized carbons (Fsp3) is 0.345. The van der Waals surface area contributed by atoms with Crippen LogP contribution < -0.4 is 32.3 Å². The third-order valence-electron chi connectivity index (χ3n) is 18.7. The molecular formula is C87H100N10O10. The molecule has 10 aromatic rings. The third-order valence-corrected chi connectivity index (χ3v) is 18.7. The topological polar surface area (TPSA) is 277 Å². The summed E-state index contributed by atoms with van der Waals surface area (Å²) in [6.07, 6.45) is 3.95. The van der Waals surface area contributed by atoms with Crippen molar-refractivity contribution in [3.05, 3.63) is 298 Å². The number of nitrogens with one attached hydrogen (secondary N) is 5. The molecule has 7 N–H and O–H groups in total. The molecule has 1 aliphatic rings. The Kier molecular flexibility index (Phi) is 27.2. The Morgan fingerprint density at radius 1 is 0.430 bits per heavy atom. The zero-order valence-electron chi connectivity index (χ0n) is 62.5. The number of fused-ring (bicyclic) bond motifs is 3. The molecule has 0 saturated heterocycles. The molecule has 20 nitrogen and oxygen atoms in total. The summed E-state index contributed by atoms with van der Waals surface area (Å²) in [5.41, 5.74) is 13.5. The first-order chi connectivity index (χ1) is 51.6. The Morgan fingerprint density at radius 3 is 1.14 bits per heavy atom. The Morgan fingerprint density at radius 2 is 0.766 bits per heavy atom. The Balaban J connectivity index is 0.000000241. The summed E-state index contributed by atoms with van der Waals surface area (Å²) in [7, 11) is 0. The van der Waals surface area contributed by atoms with E-state index >= 15 is 0 Å². The Bertz CT molecular complexity index is 4210. The maximum Gasteiger partial charge on any atom is 0.407 e. The molecule has 2 aromatic heterocycles. The molecule has 0 spiro atoms. The number of carbonyl (C=O) groups excluding carboxylic acids is 5. The van der Waals surface area contributed by atoms with E-state index in [9.17, 15) is 24.0 Å². The first kappa shape index (κ1) is 78.3. The molecule has 2 heterocycles. The Labute approximate surface area is 627 Å². The summed E-state index contributed by atoms with van der Waals surface area (Å²) in [5.74, 6) is 1.04. The molecule has 8 aromatic carbocycles. The van der Waals surface area contributed by atoms with Gasteiger partial charge in [0.25, 0.3) is 0 Å². The molecule has 0 fully saturated rings. The lowest BCUT2D eigenvalue weighted by Crippen LogP contribution is -2.48. The van der Waals surface area contributed by atoms with Crippen molar-refractivity contribution in [2.45, 2.75) is 172 Å². The lowest BCUT2D eigenvalue weighted by atomic mass is 9.77. The van der Waals surface area contributed by atoms with E-state index in [4.69, 9.17) is 34.0 Å². The van der Waals surface area contributed by atoms with Gasteiger partial charge in [-0.05, 0) is 136 Å². The van der Waals surface area contributed by atoms with E-state index in [0.717, 1.165) is 94.2 Å². The van der Waals surface area contributed by atoms with Gasteiger partial charge in [-0.3, -0.25) is 9.59 Å². The molecule has 4 atom stereocenters. The molecule has 5 amide bonds. The fourth-order valence-electron chi connectivity index (χ4n) is 13.4. The van der Waals surface area contributed by atoms with Crippen molar-refractivity contribution >= 4 is 30.1 Å². The lowest BCUT2D eigenvalue weighted by molar-refractivity contribution is -0.123. The van der Waals surface area contributed by atoms with Crippen molar-refractivity contribution < 1.29 is 47.2 Å². The van der Waals surface area contributed by atoms with Gasteiger partial charge in [-0.25, -0.2) is 14.4 Å². The fourth-order valence-corrected chi connectivity index (χ4v) is 13.4. The van der Waals surface area contributed by atoms with E-state index in [-0.39, 0.29) is 61.3 Å². The van der Waals surface area contributed by atoms with Crippen LogP contribution in [0.3, 0.4) is 0 Å². The minimum Gasteiger partial charge on any atom is -0.449 e. The summed E-state index contributed by atoms with van der Waals surface area (Å²) in [6.45, 7) is 16.2. The second-order valence-electron chi connectivity index (χ2n) is 29.1. The van der Waals surface area contributed by atoms with Crippen LogP contribution in [0.2, 0.25) is 0 Å². The molecule has 0 bridgehead atoms. The highest BCUT2D eigenvalue weighted by Gasteiger charge is 2.40. The Hall–Kier alpha value is -11.3. The molecule has 0 saturated carbocycles. The van der Waals surface area contributed by atoms with E-state index in [2.05, 4.69) is 66.1 Å². The van der Waals surface area contributed by atoms with Crippen LogP contribution in [0, 0.1) is 0 Å². The van der Waals surface area contributed by atoms with Crippen molar-refractivity contribution in [2.75, 3.05) is 19.7 Å². The predicted octanol–water partition coefficient (Wildman–Crippen LogP) is 17.1. The second kappa shape index (κ2) is 37.1. The zero-order chi connectivity index (χ0) is 75.8. The number of hydrogen-bond acceptors (Lipinski definition) is 15. The number of hydrogen-bond donors (Lipinski definition) is 6. The molecule has 1 aliphatic carbocycles. The molecule has 20 heteroatoms. The molecule has 0 unspecified atom stereocenters. The minimum absolute atomic E-state index is 0.0144. The van der Waals surface area contributed by atoms with E-state index in [1.807, 2.05) is 262 Å². The van der Waals surface area contributed by atoms with Gasteiger partial charge in [0.15, 0.2) is 11.6 Å². The summed E-state index contributed by atoms with van der Waals surface area (Å²) < 4.78 is 27.9. The van der Waals surface area contributed by atoms with E-state index in [1.165, 1.54) is 0 Å². The van der Waals surface area contributed by atoms with Crippen molar-refractivity contribution in [3.63, 3.8) is 0 Å². The monoisotopic (exact) mass is 1440 g/mol. The first-order valence-corrected chi connectivity index (χ1v) is 37.0. The number of aromatic nitrogens is 4. The quantitative estimate of drug-likeness (QED) is 0.0134. The van der Waals surface area contributed by atoms with Crippen LogP contribution in [0.15, 0.2) is 240 Å². The SMILES string of the molecule is C[C@@H](CCCCNC(=O)OC(C)(C)C)c1noc([C@@H](N)CCC(=O)NC(c2ccccc2)(c2ccccc2)c2ccccc2)n1.C[C@@H](CCCCNC(=O)OC(C)(C)C)c1noc([C@H](CCC(=O)NC(c2ccccc2)(c2ccccc2)c2ccccc2)NC(=O)OCC2c3ccccc3-c3ccccc32)n1. The van der Waals surface area contributed by atoms with Crippen LogP contribution in [-0.2, 0) is 34.9 Å². The van der Waals surface area contributed by atoms with Gasteiger partial charge < -0.3 is 55.6 Å². The number of nitrogens with zero attached hydrogens (tertiary/aromatic N) is 4. The second-order valence-corrected chi connectivity index (χ2v) is 29.1. The summed E-state index contributed by atoms with van der Waals surface area (Å²) in [6, 6.07) is 74.6. The van der Waals surface area contributed by atoms with Crippen LogP contribution in [0.1, 0.15) is 217 Å². The number of rotatable bonds is 31. The molecule has 0 aliphatic heterocycles. The normalized spacial score (nSPS) is 13.2. The van der Waals surface area contributed by atoms with Gasteiger partial charge in [0, 0.05) is 43.7 Å². The maximum absolute atomic E-state index is 14.4. The number of benzene rings is 8. The van der Waals surface area contributed by atoms with Gasteiger partial charge in [0.05, 0.1) is 6.04 Å². The first-order valence-electron chi connectivity index (χ1n) is 37.0. The van der Waals surface area contributed by atoms with Crippen molar-refractivity contribution in [2.24, 2.45) is 5.73 Å². The third kappa shape index (κ3) is 21.3. The van der Waals surface area contributed by atoms with Crippen molar-refractivity contribution in [1.82, 2.24) is 46.9 Å². The number of unbranched alkanes of at least 4 members (excludes halogenated alkanes) is 2. The highest BCUT2D eigenvalue weighted by molar-refractivity contribution is 5.81. The van der Waals surface area contributed by atoms with Gasteiger partial charge in [0.1, 0.15) is 34.9 Å². The number of carbonyl (C=O) groups is 5. The summed E-state index contributed by atoms with van der Waals surface area (Å²) in [4.78, 5) is 74.9. The zero-order valence-corrected chi connectivity index (χ0v) is 62.5. The lowest BCUT2D eigenvalue weighted by Gasteiger charge is -2.37. The van der Waals surface area contributed by atoms with Crippen LogP contribution in [0.25, 0.3) is 11.1 Å². The largest absolute Gasteiger partial charge is 0.449 e. The average molecular weight is 1450 g/mol. The molecule has 558 valence electrons. The van der Waals surface area contributed by atoms with Gasteiger partial charge in [-0.2, -0.15) is 9.97 Å². The molecule has 11 rings (SSSR count). The van der Waals surface area contributed by atoms with E-state index < -0.39 is 52.6 Å². The number of amides is 5. The van der Waals surface area contributed by atoms with Gasteiger partial charge in [-0.1, -0.05) is 268 Å².